The van der Waals surface area contributed by atoms with Crippen molar-refractivity contribution in [3.05, 3.63) is 62.5 Å². The Bertz CT molecular complexity index is 1120. The second-order valence-corrected chi connectivity index (χ2v) is 10.7. The first-order chi connectivity index (χ1) is 13.7. The first-order valence-electron chi connectivity index (χ1n) is 8.14. The maximum absolute atomic E-state index is 12.5. The van der Waals surface area contributed by atoms with Crippen LogP contribution in [0.3, 0.4) is 0 Å². The predicted octanol–water partition coefficient (Wildman–Crippen LogP) is 4.21. The number of halogens is 3. The number of carbonyl (C=O) groups is 1. The Balaban J connectivity index is 1.70. The number of carbonyl (C=O) groups excluding carboxylic acids is 1. The molecule has 2 heterocycles. The summed E-state index contributed by atoms with van der Waals surface area (Å²) in [5.74, 6) is -0.137. The number of thiophene rings is 1. The molecule has 0 spiro atoms. The lowest BCUT2D eigenvalue weighted by atomic mass is 10.2. The molecule has 0 aliphatic heterocycles. The molecule has 12 heteroatoms. The second-order valence-electron chi connectivity index (χ2n) is 5.94. The van der Waals surface area contributed by atoms with Gasteiger partial charge in [-0.2, -0.15) is 9.40 Å². The van der Waals surface area contributed by atoms with Crippen molar-refractivity contribution in [3.8, 4) is 0 Å². The highest BCUT2D eigenvalue weighted by Gasteiger charge is 2.25. The lowest BCUT2D eigenvalue weighted by molar-refractivity contribution is -0.116. The van der Waals surface area contributed by atoms with Crippen LogP contribution in [0.2, 0.25) is 14.4 Å². The largest absolute Gasteiger partial charge is 0.310 e. The normalized spacial score (nSPS) is 11.8. The predicted molar refractivity (Wildman–Crippen MR) is 116 cm³/mol. The maximum Gasteiger partial charge on any atom is 0.252 e. The van der Waals surface area contributed by atoms with Gasteiger partial charge in [0.25, 0.3) is 10.0 Å². The monoisotopic (exact) mass is 492 g/mol. The molecule has 0 saturated carbocycles. The minimum atomic E-state index is -3.81. The van der Waals surface area contributed by atoms with Crippen LogP contribution in [0.4, 0.5) is 5.82 Å². The van der Waals surface area contributed by atoms with Gasteiger partial charge in [-0.25, -0.2) is 13.1 Å². The molecular weight excluding hydrogens is 479 g/mol. The Morgan fingerprint density at radius 1 is 1.17 bits per heavy atom. The van der Waals surface area contributed by atoms with Crippen LogP contribution >= 0.6 is 46.1 Å². The zero-order valence-electron chi connectivity index (χ0n) is 15.0. The molecular formula is C17H15Cl3N4O3S2. The third-order valence-corrected chi connectivity index (χ3v) is 8.14. The average molecular weight is 494 g/mol. The molecule has 1 amide bonds. The molecule has 0 radical (unpaired) electrons. The van der Waals surface area contributed by atoms with Crippen molar-refractivity contribution in [1.29, 1.82) is 0 Å². The van der Waals surface area contributed by atoms with E-state index in [2.05, 4.69) is 10.4 Å². The molecule has 0 unspecified atom stereocenters. The van der Waals surface area contributed by atoms with Gasteiger partial charge in [0, 0.05) is 28.7 Å². The minimum Gasteiger partial charge on any atom is -0.310 e. The van der Waals surface area contributed by atoms with Gasteiger partial charge in [-0.3, -0.25) is 4.79 Å². The van der Waals surface area contributed by atoms with Crippen molar-refractivity contribution >= 4 is 67.9 Å². The number of nitrogens with zero attached hydrogens (tertiary/aromatic N) is 3. The minimum absolute atomic E-state index is 0.0659. The van der Waals surface area contributed by atoms with Crippen LogP contribution < -0.4 is 5.32 Å². The van der Waals surface area contributed by atoms with E-state index in [0.29, 0.717) is 25.8 Å². The number of aromatic nitrogens is 2. The van der Waals surface area contributed by atoms with Gasteiger partial charge in [-0.15, -0.1) is 11.3 Å². The van der Waals surface area contributed by atoms with Gasteiger partial charge in [0.1, 0.15) is 10.0 Å². The van der Waals surface area contributed by atoms with Crippen molar-refractivity contribution in [2.24, 2.45) is 0 Å². The van der Waals surface area contributed by atoms with Crippen LogP contribution in [0.5, 0.6) is 0 Å². The highest BCUT2D eigenvalue weighted by atomic mass is 35.5. The van der Waals surface area contributed by atoms with E-state index in [1.54, 1.807) is 24.3 Å². The Morgan fingerprint density at radius 3 is 2.48 bits per heavy atom. The molecule has 0 fully saturated rings. The van der Waals surface area contributed by atoms with E-state index in [-0.39, 0.29) is 17.3 Å². The van der Waals surface area contributed by atoms with Crippen LogP contribution in [-0.4, -0.2) is 42.0 Å². The molecule has 3 rings (SSSR count). The van der Waals surface area contributed by atoms with Crippen LogP contribution in [0, 0.1) is 0 Å². The fourth-order valence-corrected chi connectivity index (χ4v) is 5.80. The number of likely N-dealkylation sites (N-methyl/N-ethyl adjacent to an activating group) is 1. The van der Waals surface area contributed by atoms with Gasteiger partial charge >= 0.3 is 0 Å². The van der Waals surface area contributed by atoms with Gasteiger partial charge in [-0.05, 0) is 24.3 Å². The number of anilines is 1. The van der Waals surface area contributed by atoms with Crippen molar-refractivity contribution in [1.82, 2.24) is 14.1 Å². The van der Waals surface area contributed by atoms with E-state index in [9.17, 15) is 13.2 Å². The Hall–Kier alpha value is -1.62. The van der Waals surface area contributed by atoms with Crippen molar-refractivity contribution in [2.45, 2.75) is 10.8 Å². The molecule has 0 atom stereocenters. The number of sulfonamides is 1. The number of hydrogen-bond acceptors (Lipinski definition) is 5. The third kappa shape index (κ3) is 5.11. The van der Waals surface area contributed by atoms with Crippen LogP contribution in [-0.2, 0) is 21.4 Å². The summed E-state index contributed by atoms with van der Waals surface area (Å²) in [5.41, 5.74) is 0.657. The second kappa shape index (κ2) is 9.03. The van der Waals surface area contributed by atoms with Crippen molar-refractivity contribution in [3.63, 3.8) is 0 Å². The number of benzene rings is 1. The van der Waals surface area contributed by atoms with Crippen LogP contribution in [0.15, 0.2) is 46.8 Å². The fourth-order valence-electron chi connectivity index (χ4n) is 2.46. The molecule has 29 heavy (non-hydrogen) atoms. The first kappa shape index (κ1) is 22.1. The smallest absolute Gasteiger partial charge is 0.252 e. The van der Waals surface area contributed by atoms with Crippen LogP contribution in [0.25, 0.3) is 0 Å². The Kier molecular flexibility index (Phi) is 6.87. The highest BCUT2D eigenvalue weighted by Crippen LogP contribution is 2.28. The number of rotatable bonds is 7. The van der Waals surface area contributed by atoms with E-state index in [1.807, 2.05) is 0 Å². The number of hydrogen-bond donors (Lipinski definition) is 1. The summed E-state index contributed by atoms with van der Waals surface area (Å²) in [7, 11) is -2.49. The van der Waals surface area contributed by atoms with E-state index in [4.69, 9.17) is 34.8 Å². The molecule has 3 aromatic rings. The van der Waals surface area contributed by atoms with Gasteiger partial charge in [0.05, 0.1) is 23.6 Å². The topological polar surface area (TPSA) is 84.3 Å². The van der Waals surface area contributed by atoms with Gasteiger partial charge in [-0.1, -0.05) is 40.9 Å². The van der Waals surface area contributed by atoms with E-state index < -0.39 is 15.9 Å². The molecule has 0 aliphatic carbocycles. The van der Waals surface area contributed by atoms with Crippen molar-refractivity contribution in [2.75, 3.05) is 18.9 Å². The summed E-state index contributed by atoms with van der Waals surface area (Å²) in [6.07, 6.45) is 1.51. The third-order valence-electron chi connectivity index (χ3n) is 3.93. The summed E-state index contributed by atoms with van der Waals surface area (Å²) in [6, 6.07) is 9.64. The van der Waals surface area contributed by atoms with Gasteiger partial charge in [0.2, 0.25) is 5.91 Å². The number of nitrogens with one attached hydrogen (secondary N) is 1. The van der Waals surface area contributed by atoms with Crippen LogP contribution in [0.1, 0.15) is 5.56 Å². The lowest BCUT2D eigenvalue weighted by Crippen LogP contribution is -2.35. The molecule has 0 bridgehead atoms. The van der Waals surface area contributed by atoms with Gasteiger partial charge in [0.15, 0.2) is 0 Å². The lowest BCUT2D eigenvalue weighted by Gasteiger charge is -2.16. The maximum atomic E-state index is 12.5. The first-order valence-corrected chi connectivity index (χ1v) is 11.5. The fraction of sp³-hybridized carbons (Fsp3) is 0.176. The molecule has 0 saturated heterocycles. The molecule has 1 N–H and O–H groups in total. The van der Waals surface area contributed by atoms with Gasteiger partial charge < -0.3 is 5.32 Å². The summed E-state index contributed by atoms with van der Waals surface area (Å²) in [5, 5.41) is 7.78. The summed E-state index contributed by atoms with van der Waals surface area (Å²) in [6.45, 7) is -0.140. The van der Waals surface area contributed by atoms with E-state index in [0.717, 1.165) is 15.6 Å². The molecule has 0 aliphatic rings. The summed E-state index contributed by atoms with van der Waals surface area (Å²) in [4.78, 5) is 12.4. The average Bonchev–Trinajstić information content (AvgIpc) is 3.27. The summed E-state index contributed by atoms with van der Waals surface area (Å²) >= 11 is 19.1. The molecule has 1 aromatic carbocycles. The summed E-state index contributed by atoms with van der Waals surface area (Å²) < 4.78 is 27.9. The zero-order valence-corrected chi connectivity index (χ0v) is 18.9. The zero-order chi connectivity index (χ0) is 21.2. The standard InChI is InChI=1S/C17H15Cl3N4O3S2/c1-23(29(26,27)17-6-5-14(20)28-17)10-16(25)22-15-7-8-21-24(15)9-11-12(18)3-2-4-13(11)19/h2-8H,9-10H2,1H3,(H,22,25). The molecule has 7 nitrogen and oxygen atoms in total. The van der Waals surface area contributed by atoms with Crippen molar-refractivity contribution < 1.29 is 13.2 Å². The molecule has 154 valence electrons. The quantitative estimate of drug-likeness (QED) is 0.534. The Morgan fingerprint density at radius 2 is 1.86 bits per heavy atom. The molecule has 2 aromatic heterocycles. The van der Waals surface area contributed by atoms with E-state index >= 15 is 0 Å². The highest BCUT2D eigenvalue weighted by molar-refractivity contribution is 7.91. The van der Waals surface area contributed by atoms with E-state index in [1.165, 1.54) is 30.1 Å². The number of amides is 1. The Labute approximate surface area is 186 Å². The SMILES string of the molecule is CN(CC(=O)Nc1ccnn1Cc1c(Cl)cccc1Cl)S(=O)(=O)c1ccc(Cl)s1.